The lowest BCUT2D eigenvalue weighted by molar-refractivity contribution is 0.276. The van der Waals surface area contributed by atoms with Crippen LogP contribution in [0.25, 0.3) is 33.1 Å². The molecule has 1 aliphatic heterocycles. The zero-order valence-electron chi connectivity index (χ0n) is 28.6. The van der Waals surface area contributed by atoms with E-state index in [-0.39, 0.29) is 17.3 Å². The summed E-state index contributed by atoms with van der Waals surface area (Å²) in [6, 6.07) is 58.1. The molecule has 2 atom stereocenters. The van der Waals surface area contributed by atoms with Crippen molar-refractivity contribution in [3.8, 4) is 22.6 Å². The predicted octanol–water partition coefficient (Wildman–Crippen LogP) is 12.3. The highest BCUT2D eigenvalue weighted by Crippen LogP contribution is 2.66. The van der Waals surface area contributed by atoms with Gasteiger partial charge >= 0.3 is 0 Å². The van der Waals surface area contributed by atoms with E-state index >= 15 is 0 Å². The molecule has 7 aromatic carbocycles. The number of benzene rings is 7. The Bertz CT molecular complexity index is 2830. The first kappa shape index (κ1) is 28.9. The van der Waals surface area contributed by atoms with Crippen LogP contribution in [-0.2, 0) is 5.41 Å². The third-order valence-electron chi connectivity index (χ3n) is 11.8. The number of furan rings is 1. The van der Waals surface area contributed by atoms with Crippen LogP contribution in [0.15, 0.2) is 192 Å². The molecule has 0 amide bonds. The van der Waals surface area contributed by atoms with Gasteiger partial charge in [-0.15, -0.1) is 0 Å². The summed E-state index contributed by atoms with van der Waals surface area (Å²) in [6.45, 7) is 0. The Morgan fingerprint density at radius 1 is 0.453 bits per heavy atom. The highest BCUT2D eigenvalue weighted by Gasteiger charge is 2.58. The fourth-order valence-corrected chi connectivity index (χ4v) is 9.70. The van der Waals surface area contributed by atoms with Gasteiger partial charge in [0.15, 0.2) is 23.0 Å². The Labute approximate surface area is 306 Å². The minimum atomic E-state index is -0.325. The number of para-hydroxylation sites is 2. The van der Waals surface area contributed by atoms with Crippen molar-refractivity contribution in [3.05, 3.63) is 210 Å². The van der Waals surface area contributed by atoms with Crippen molar-refractivity contribution < 1.29 is 13.9 Å². The SMILES string of the molecule is C1=C2Oc3ccc(N(c4ccccc4)c4ccc5oc6ccccc6c5c4)cc3OC2=CC2c3ccccc3C3(c4ccccc4-c4ccccc43)C12. The number of nitrogens with zero attached hydrogens (tertiary/aromatic N) is 1. The number of hydrogen-bond acceptors (Lipinski definition) is 4. The molecule has 3 aliphatic carbocycles. The van der Waals surface area contributed by atoms with Gasteiger partial charge in [0, 0.05) is 40.0 Å². The van der Waals surface area contributed by atoms with Gasteiger partial charge in [-0.2, -0.15) is 0 Å². The summed E-state index contributed by atoms with van der Waals surface area (Å²) in [6.07, 6.45) is 4.65. The molecule has 4 nitrogen and oxygen atoms in total. The van der Waals surface area contributed by atoms with Gasteiger partial charge in [-0.1, -0.05) is 109 Å². The highest BCUT2D eigenvalue weighted by molar-refractivity contribution is 6.06. The lowest BCUT2D eigenvalue weighted by atomic mass is 9.65. The average molecular weight is 682 g/mol. The Morgan fingerprint density at radius 3 is 1.91 bits per heavy atom. The molecule has 2 unspecified atom stereocenters. The van der Waals surface area contributed by atoms with Gasteiger partial charge in [-0.3, -0.25) is 0 Å². The van der Waals surface area contributed by atoms with E-state index in [1.165, 1.54) is 33.4 Å². The van der Waals surface area contributed by atoms with Gasteiger partial charge in [-0.25, -0.2) is 0 Å². The van der Waals surface area contributed by atoms with E-state index in [4.69, 9.17) is 13.9 Å². The molecule has 0 saturated carbocycles. The Morgan fingerprint density at radius 2 is 1.08 bits per heavy atom. The van der Waals surface area contributed by atoms with E-state index in [9.17, 15) is 0 Å². The summed E-state index contributed by atoms with van der Waals surface area (Å²) >= 11 is 0. The Hall–Kier alpha value is -6.78. The monoisotopic (exact) mass is 681 g/mol. The van der Waals surface area contributed by atoms with Crippen molar-refractivity contribution >= 4 is 39.0 Å². The van der Waals surface area contributed by atoms with Crippen LogP contribution in [0.4, 0.5) is 17.1 Å². The summed E-state index contributed by atoms with van der Waals surface area (Å²) in [5.41, 5.74) is 12.5. The standard InChI is InChI=1S/C49H31NO3/c1-2-12-30(13-3-1)50(31-22-24-44-38(26-31)36-17-7-11-21-43(36)51-44)32-23-25-45-46(27-32)53-47-28-37-35-16-6-10-20-41(35)49(42(37)29-48(47)52-45)39-18-8-4-14-33(39)34-15-5-9-19-40(34)49/h1-29,37,42H. The Kier molecular flexibility index (Phi) is 5.79. The van der Waals surface area contributed by atoms with Crippen molar-refractivity contribution in [2.75, 3.05) is 4.90 Å². The fourth-order valence-electron chi connectivity index (χ4n) is 9.70. The minimum absolute atomic E-state index is 0.120. The van der Waals surface area contributed by atoms with Crippen LogP contribution in [0, 0.1) is 5.92 Å². The highest BCUT2D eigenvalue weighted by atomic mass is 16.6. The number of anilines is 3. The summed E-state index contributed by atoms with van der Waals surface area (Å²) in [4.78, 5) is 2.26. The van der Waals surface area contributed by atoms with Crippen LogP contribution in [0.1, 0.15) is 28.2 Å². The summed E-state index contributed by atoms with van der Waals surface area (Å²) in [5, 5.41) is 2.18. The number of ether oxygens (including phenoxy) is 2. The topological polar surface area (TPSA) is 34.8 Å². The quantitative estimate of drug-likeness (QED) is 0.186. The number of rotatable bonds is 3. The molecule has 2 heterocycles. The van der Waals surface area contributed by atoms with Crippen LogP contribution in [0.2, 0.25) is 0 Å². The third kappa shape index (κ3) is 3.90. The molecule has 0 N–H and O–H groups in total. The summed E-state index contributed by atoms with van der Waals surface area (Å²) < 4.78 is 19.8. The molecule has 4 heteroatoms. The number of allylic oxidation sites excluding steroid dienone is 2. The summed E-state index contributed by atoms with van der Waals surface area (Å²) in [7, 11) is 0. The summed E-state index contributed by atoms with van der Waals surface area (Å²) in [5.74, 6) is 3.18. The second kappa shape index (κ2) is 10.6. The van der Waals surface area contributed by atoms with Crippen LogP contribution in [-0.4, -0.2) is 0 Å². The van der Waals surface area contributed by atoms with Crippen LogP contribution < -0.4 is 14.4 Å². The van der Waals surface area contributed by atoms with E-state index in [1.807, 2.05) is 24.3 Å². The molecule has 12 rings (SSSR count). The molecule has 250 valence electrons. The second-order valence-corrected chi connectivity index (χ2v) is 14.4. The molecule has 53 heavy (non-hydrogen) atoms. The minimum Gasteiger partial charge on any atom is -0.456 e. The first-order chi connectivity index (χ1) is 26.3. The normalized spacial score (nSPS) is 18.1. The second-order valence-electron chi connectivity index (χ2n) is 14.4. The van der Waals surface area contributed by atoms with E-state index in [2.05, 4.69) is 157 Å². The maximum absolute atomic E-state index is 6.85. The number of hydrogen-bond donors (Lipinski definition) is 0. The first-order valence-corrected chi connectivity index (χ1v) is 18.2. The molecule has 1 aromatic heterocycles. The predicted molar refractivity (Wildman–Crippen MR) is 210 cm³/mol. The van der Waals surface area contributed by atoms with E-state index < -0.39 is 0 Å². The van der Waals surface area contributed by atoms with Gasteiger partial charge in [0.1, 0.15) is 11.2 Å². The average Bonchev–Trinajstić information content (AvgIpc) is 3.83. The van der Waals surface area contributed by atoms with E-state index in [0.29, 0.717) is 11.5 Å². The Balaban J connectivity index is 0.982. The molecular formula is C49H31NO3. The van der Waals surface area contributed by atoms with Crippen LogP contribution in [0.5, 0.6) is 11.5 Å². The maximum atomic E-state index is 6.85. The van der Waals surface area contributed by atoms with Gasteiger partial charge in [0.25, 0.3) is 0 Å². The molecule has 0 fully saturated rings. The largest absolute Gasteiger partial charge is 0.456 e. The van der Waals surface area contributed by atoms with Gasteiger partial charge in [-0.05, 0) is 94.1 Å². The zero-order valence-corrected chi connectivity index (χ0v) is 28.6. The lowest BCUT2D eigenvalue weighted by Gasteiger charge is -2.38. The van der Waals surface area contributed by atoms with Crippen molar-refractivity contribution in [2.24, 2.45) is 5.92 Å². The maximum Gasteiger partial charge on any atom is 0.172 e. The van der Waals surface area contributed by atoms with Gasteiger partial charge < -0.3 is 18.8 Å². The molecule has 0 saturated heterocycles. The van der Waals surface area contributed by atoms with Crippen molar-refractivity contribution in [2.45, 2.75) is 11.3 Å². The molecular weight excluding hydrogens is 651 g/mol. The van der Waals surface area contributed by atoms with Crippen molar-refractivity contribution in [1.29, 1.82) is 0 Å². The van der Waals surface area contributed by atoms with Crippen molar-refractivity contribution in [1.82, 2.24) is 0 Å². The molecule has 1 spiro atoms. The lowest BCUT2D eigenvalue weighted by Crippen LogP contribution is -2.34. The van der Waals surface area contributed by atoms with Crippen molar-refractivity contribution in [3.63, 3.8) is 0 Å². The van der Waals surface area contributed by atoms with E-state index in [0.717, 1.165) is 50.5 Å². The zero-order chi connectivity index (χ0) is 34.7. The third-order valence-corrected chi connectivity index (χ3v) is 11.8. The molecule has 0 radical (unpaired) electrons. The van der Waals surface area contributed by atoms with Gasteiger partial charge in [0.05, 0.1) is 11.1 Å². The first-order valence-electron chi connectivity index (χ1n) is 18.2. The molecule has 0 bridgehead atoms. The number of fused-ring (bicyclic) bond motifs is 15. The van der Waals surface area contributed by atoms with Crippen LogP contribution in [0.3, 0.4) is 0 Å². The van der Waals surface area contributed by atoms with E-state index in [1.54, 1.807) is 0 Å². The fraction of sp³-hybridized carbons (Fsp3) is 0.0612. The molecule has 4 aliphatic rings. The van der Waals surface area contributed by atoms with Gasteiger partial charge in [0.2, 0.25) is 0 Å². The molecule has 8 aromatic rings. The smallest absolute Gasteiger partial charge is 0.172 e. The van der Waals surface area contributed by atoms with Crippen LogP contribution >= 0.6 is 0 Å².